The third kappa shape index (κ3) is 3.76. The molecule has 0 bridgehead atoms. The van der Waals surface area contributed by atoms with E-state index >= 15 is 0 Å². The Kier molecular flexibility index (Phi) is 4.70. The number of methoxy groups -OCH3 is 1. The number of sulfone groups is 1. The summed E-state index contributed by atoms with van der Waals surface area (Å²) in [6.45, 7) is 1.63. The molecule has 0 spiro atoms. The molecule has 0 unspecified atom stereocenters. The molecule has 8 heteroatoms. The van der Waals surface area contributed by atoms with E-state index in [1.807, 2.05) is 0 Å². The molecule has 7 nitrogen and oxygen atoms in total. The molecule has 0 saturated carbocycles. The van der Waals surface area contributed by atoms with Crippen LogP contribution in [-0.4, -0.2) is 43.8 Å². The van der Waals surface area contributed by atoms with Gasteiger partial charge in [-0.25, -0.2) is 13.8 Å². The number of amides is 1. The molecule has 1 aromatic carbocycles. The fraction of sp³-hybridized carbons (Fsp3) is 0.429. The zero-order valence-corrected chi connectivity index (χ0v) is 13.2. The Morgan fingerprint density at radius 3 is 2.77 bits per heavy atom. The van der Waals surface area contributed by atoms with Crippen molar-refractivity contribution in [3.63, 3.8) is 0 Å². The van der Waals surface area contributed by atoms with Gasteiger partial charge in [-0.2, -0.15) is 5.10 Å². The average molecular weight is 326 g/mol. The van der Waals surface area contributed by atoms with E-state index in [1.165, 1.54) is 13.2 Å². The molecule has 2 rings (SSSR count). The number of phenolic OH excluding ortho intramolecular Hbond substituents is 1. The van der Waals surface area contributed by atoms with Gasteiger partial charge in [0, 0.05) is 5.56 Å². The Bertz CT molecular complexity index is 712. The van der Waals surface area contributed by atoms with Gasteiger partial charge in [-0.05, 0) is 31.5 Å². The SMILES string of the molecule is COc1ccc(O)c(/C(C)=N/NC(=O)[C@H]2CCS(=O)(=O)C2)c1. The van der Waals surface area contributed by atoms with Crippen molar-refractivity contribution in [3.8, 4) is 11.5 Å². The van der Waals surface area contributed by atoms with Crippen LogP contribution in [0.3, 0.4) is 0 Å². The number of ether oxygens (including phenoxy) is 1. The number of hydrazone groups is 1. The first-order valence-corrected chi connectivity index (χ1v) is 8.56. The first-order chi connectivity index (χ1) is 10.3. The van der Waals surface area contributed by atoms with Crippen LogP contribution in [-0.2, 0) is 14.6 Å². The third-order valence-electron chi connectivity index (χ3n) is 3.53. The fourth-order valence-electron chi connectivity index (χ4n) is 2.22. The van der Waals surface area contributed by atoms with Crippen molar-refractivity contribution in [2.45, 2.75) is 13.3 Å². The minimum atomic E-state index is -3.11. The van der Waals surface area contributed by atoms with Gasteiger partial charge in [0.1, 0.15) is 11.5 Å². The van der Waals surface area contributed by atoms with E-state index in [1.54, 1.807) is 19.1 Å². The Balaban J connectivity index is 2.08. The summed E-state index contributed by atoms with van der Waals surface area (Å²) in [6.07, 6.45) is 0.313. The Labute approximate surface area is 128 Å². The smallest absolute Gasteiger partial charge is 0.244 e. The molecule has 1 heterocycles. The van der Waals surface area contributed by atoms with Crippen molar-refractivity contribution >= 4 is 21.5 Å². The fourth-order valence-corrected chi connectivity index (χ4v) is 3.97. The van der Waals surface area contributed by atoms with Gasteiger partial charge in [0.05, 0.1) is 30.2 Å². The molecule has 0 radical (unpaired) electrons. The lowest BCUT2D eigenvalue weighted by atomic mass is 10.1. The van der Waals surface area contributed by atoms with Crippen LogP contribution in [0.25, 0.3) is 0 Å². The number of nitrogens with one attached hydrogen (secondary N) is 1. The van der Waals surface area contributed by atoms with Gasteiger partial charge in [-0.1, -0.05) is 0 Å². The van der Waals surface area contributed by atoms with Gasteiger partial charge >= 0.3 is 0 Å². The number of nitrogens with zero attached hydrogens (tertiary/aromatic N) is 1. The van der Waals surface area contributed by atoms with Gasteiger partial charge in [0.25, 0.3) is 0 Å². The Morgan fingerprint density at radius 2 is 2.18 bits per heavy atom. The number of carbonyl (C=O) groups excluding carboxylic acids is 1. The lowest BCUT2D eigenvalue weighted by molar-refractivity contribution is -0.124. The lowest BCUT2D eigenvalue weighted by Crippen LogP contribution is -2.28. The largest absolute Gasteiger partial charge is 0.507 e. The van der Waals surface area contributed by atoms with Gasteiger partial charge in [0.15, 0.2) is 9.84 Å². The Morgan fingerprint density at radius 1 is 1.45 bits per heavy atom. The minimum absolute atomic E-state index is 0.0137. The van der Waals surface area contributed by atoms with E-state index in [9.17, 15) is 18.3 Å². The highest BCUT2D eigenvalue weighted by Gasteiger charge is 2.32. The predicted molar refractivity (Wildman–Crippen MR) is 81.8 cm³/mol. The second kappa shape index (κ2) is 6.35. The van der Waals surface area contributed by atoms with E-state index in [4.69, 9.17) is 4.74 Å². The number of hydrogen-bond acceptors (Lipinski definition) is 6. The van der Waals surface area contributed by atoms with Crippen LogP contribution < -0.4 is 10.2 Å². The maximum atomic E-state index is 11.9. The van der Waals surface area contributed by atoms with Crippen molar-refractivity contribution < 1.29 is 23.1 Å². The number of phenols is 1. The molecule has 22 heavy (non-hydrogen) atoms. The molecular weight excluding hydrogens is 308 g/mol. The summed E-state index contributed by atoms with van der Waals surface area (Å²) in [5.41, 5.74) is 3.18. The van der Waals surface area contributed by atoms with E-state index in [0.29, 0.717) is 23.4 Å². The lowest BCUT2D eigenvalue weighted by Gasteiger charge is -2.09. The molecule has 1 atom stereocenters. The van der Waals surface area contributed by atoms with Crippen LogP contribution in [0.1, 0.15) is 18.9 Å². The Hall–Kier alpha value is -2.09. The van der Waals surface area contributed by atoms with Crippen LogP contribution >= 0.6 is 0 Å². The second-order valence-electron chi connectivity index (χ2n) is 5.16. The molecular formula is C14H18N2O5S. The molecule has 0 aliphatic carbocycles. The minimum Gasteiger partial charge on any atom is -0.507 e. The van der Waals surface area contributed by atoms with E-state index in [2.05, 4.69) is 10.5 Å². The highest BCUT2D eigenvalue weighted by atomic mass is 32.2. The molecule has 1 aromatic rings. The van der Waals surface area contributed by atoms with Crippen molar-refractivity contribution in [2.75, 3.05) is 18.6 Å². The van der Waals surface area contributed by atoms with Crippen molar-refractivity contribution in [1.82, 2.24) is 5.43 Å². The summed E-state index contributed by atoms with van der Waals surface area (Å²) in [7, 11) is -1.61. The highest BCUT2D eigenvalue weighted by molar-refractivity contribution is 7.91. The standard InChI is InChI=1S/C14H18N2O5S/c1-9(12-7-11(21-2)3-4-13(12)17)15-16-14(18)10-5-6-22(19,20)8-10/h3-4,7,10,17H,5-6,8H2,1-2H3,(H,16,18)/b15-9+/t10-/m0/s1. The number of hydrogen-bond donors (Lipinski definition) is 2. The number of benzene rings is 1. The summed E-state index contributed by atoms with van der Waals surface area (Å²) in [4.78, 5) is 11.9. The van der Waals surface area contributed by atoms with E-state index in [-0.39, 0.29) is 17.3 Å². The van der Waals surface area contributed by atoms with Crippen molar-refractivity contribution in [3.05, 3.63) is 23.8 Å². The third-order valence-corrected chi connectivity index (χ3v) is 5.30. The molecule has 1 fully saturated rings. The molecule has 1 aliphatic heterocycles. The van der Waals surface area contributed by atoms with Gasteiger partial charge in [0.2, 0.25) is 5.91 Å². The molecule has 120 valence electrons. The monoisotopic (exact) mass is 326 g/mol. The van der Waals surface area contributed by atoms with Gasteiger partial charge < -0.3 is 9.84 Å². The van der Waals surface area contributed by atoms with Crippen molar-refractivity contribution in [2.24, 2.45) is 11.0 Å². The zero-order valence-electron chi connectivity index (χ0n) is 12.4. The first-order valence-electron chi connectivity index (χ1n) is 6.74. The summed E-state index contributed by atoms with van der Waals surface area (Å²) in [6, 6.07) is 4.67. The van der Waals surface area contributed by atoms with Crippen LogP contribution in [0.4, 0.5) is 0 Å². The molecule has 1 saturated heterocycles. The topological polar surface area (TPSA) is 105 Å². The summed E-state index contributed by atoms with van der Waals surface area (Å²) in [5.74, 6) is -0.541. The molecule has 1 aliphatic rings. The summed E-state index contributed by atoms with van der Waals surface area (Å²) in [5, 5.41) is 13.7. The quantitative estimate of drug-likeness (QED) is 0.625. The van der Waals surface area contributed by atoms with Crippen molar-refractivity contribution in [1.29, 1.82) is 0 Å². The molecule has 1 amide bonds. The van der Waals surface area contributed by atoms with Crippen LogP contribution in [0.5, 0.6) is 11.5 Å². The average Bonchev–Trinajstić information content (AvgIpc) is 2.85. The summed E-state index contributed by atoms with van der Waals surface area (Å²) >= 11 is 0. The van der Waals surface area contributed by atoms with E-state index < -0.39 is 21.7 Å². The maximum absolute atomic E-state index is 11.9. The van der Waals surface area contributed by atoms with Gasteiger partial charge in [-0.15, -0.1) is 0 Å². The number of rotatable bonds is 4. The maximum Gasteiger partial charge on any atom is 0.244 e. The summed E-state index contributed by atoms with van der Waals surface area (Å²) < 4.78 is 27.8. The first kappa shape index (κ1) is 16.3. The normalized spacial score (nSPS) is 20.6. The van der Waals surface area contributed by atoms with E-state index in [0.717, 1.165) is 0 Å². The zero-order chi connectivity index (χ0) is 16.3. The number of carbonyl (C=O) groups is 1. The van der Waals surface area contributed by atoms with Crippen LogP contribution in [0.2, 0.25) is 0 Å². The van der Waals surface area contributed by atoms with Crippen LogP contribution in [0, 0.1) is 5.92 Å². The molecule has 0 aromatic heterocycles. The van der Waals surface area contributed by atoms with Gasteiger partial charge in [-0.3, -0.25) is 4.79 Å². The predicted octanol–water partition coefficient (Wildman–Crippen LogP) is 0.676. The molecule has 2 N–H and O–H groups in total. The number of aromatic hydroxyl groups is 1. The second-order valence-corrected chi connectivity index (χ2v) is 7.39. The highest BCUT2D eigenvalue weighted by Crippen LogP contribution is 2.23. The van der Waals surface area contributed by atoms with Crippen LogP contribution in [0.15, 0.2) is 23.3 Å².